The van der Waals surface area contributed by atoms with Crippen molar-refractivity contribution in [2.24, 2.45) is 5.92 Å². The van der Waals surface area contributed by atoms with Gasteiger partial charge in [-0.2, -0.15) is 0 Å². The van der Waals surface area contributed by atoms with Gasteiger partial charge in [-0.1, -0.05) is 26.0 Å². The maximum atomic E-state index is 13.0. The van der Waals surface area contributed by atoms with Gasteiger partial charge in [0.1, 0.15) is 11.4 Å². The number of carbonyl (C=O) groups excluding carboxylic acids is 2. The second kappa shape index (κ2) is 6.51. The van der Waals surface area contributed by atoms with E-state index in [0.29, 0.717) is 18.8 Å². The molecular formula is C18H24FN3O2. The van der Waals surface area contributed by atoms with Gasteiger partial charge in [0.2, 0.25) is 0 Å². The summed E-state index contributed by atoms with van der Waals surface area (Å²) in [4.78, 5) is 28.7. The molecule has 1 spiro atoms. The van der Waals surface area contributed by atoms with Crippen LogP contribution in [0, 0.1) is 11.7 Å². The molecule has 1 aromatic carbocycles. The molecule has 2 fully saturated rings. The van der Waals surface area contributed by atoms with Gasteiger partial charge < -0.3 is 10.2 Å². The Labute approximate surface area is 141 Å². The summed E-state index contributed by atoms with van der Waals surface area (Å²) in [5.41, 5.74) is -0.0147. The highest BCUT2D eigenvalue weighted by molar-refractivity contribution is 6.07. The highest BCUT2D eigenvalue weighted by Crippen LogP contribution is 2.30. The van der Waals surface area contributed by atoms with Crippen LogP contribution in [-0.2, 0) is 11.3 Å². The lowest BCUT2D eigenvalue weighted by Crippen LogP contribution is -2.55. The molecule has 0 radical (unpaired) electrons. The van der Waals surface area contributed by atoms with Crippen LogP contribution in [-0.4, -0.2) is 46.9 Å². The summed E-state index contributed by atoms with van der Waals surface area (Å²) < 4.78 is 13.0. The molecule has 0 aromatic heterocycles. The van der Waals surface area contributed by atoms with Crippen LogP contribution in [0.25, 0.3) is 0 Å². The molecule has 2 aliphatic heterocycles. The van der Waals surface area contributed by atoms with Crippen molar-refractivity contribution in [3.05, 3.63) is 35.6 Å². The van der Waals surface area contributed by atoms with Gasteiger partial charge in [-0.25, -0.2) is 9.18 Å². The first-order valence-corrected chi connectivity index (χ1v) is 8.50. The Morgan fingerprint density at radius 2 is 1.79 bits per heavy atom. The van der Waals surface area contributed by atoms with Gasteiger partial charge >= 0.3 is 6.03 Å². The molecule has 2 aliphatic rings. The Kier molecular flexibility index (Phi) is 4.58. The molecule has 6 heteroatoms. The monoisotopic (exact) mass is 333 g/mol. The van der Waals surface area contributed by atoms with Crippen LogP contribution in [0.1, 0.15) is 32.3 Å². The van der Waals surface area contributed by atoms with Crippen molar-refractivity contribution < 1.29 is 14.0 Å². The van der Waals surface area contributed by atoms with Crippen LogP contribution in [0.4, 0.5) is 9.18 Å². The summed E-state index contributed by atoms with van der Waals surface area (Å²) in [6.07, 6.45) is 1.29. The third kappa shape index (κ3) is 3.29. The van der Waals surface area contributed by atoms with Crippen molar-refractivity contribution in [2.45, 2.75) is 38.8 Å². The Morgan fingerprint density at radius 1 is 1.17 bits per heavy atom. The molecule has 2 heterocycles. The predicted molar refractivity (Wildman–Crippen MR) is 88.7 cm³/mol. The maximum absolute atomic E-state index is 13.0. The lowest BCUT2D eigenvalue weighted by Gasteiger charge is -2.38. The highest BCUT2D eigenvalue weighted by Gasteiger charge is 2.52. The van der Waals surface area contributed by atoms with Crippen LogP contribution < -0.4 is 5.32 Å². The van der Waals surface area contributed by atoms with Gasteiger partial charge in [-0.15, -0.1) is 0 Å². The summed E-state index contributed by atoms with van der Waals surface area (Å²) in [7, 11) is 0. The molecule has 3 rings (SSSR count). The van der Waals surface area contributed by atoms with Crippen LogP contribution in [0.3, 0.4) is 0 Å². The number of likely N-dealkylation sites (tertiary alicyclic amines) is 1. The minimum atomic E-state index is -0.759. The summed E-state index contributed by atoms with van der Waals surface area (Å²) >= 11 is 0. The summed E-state index contributed by atoms with van der Waals surface area (Å²) in [5.74, 6) is 0.105. The van der Waals surface area contributed by atoms with Gasteiger partial charge in [0.15, 0.2) is 0 Å². The van der Waals surface area contributed by atoms with Gasteiger partial charge in [0.05, 0.1) is 6.54 Å². The summed E-state index contributed by atoms with van der Waals surface area (Å²) in [6.45, 7) is 7.18. The first kappa shape index (κ1) is 16.9. The number of benzene rings is 1. The number of carbonyl (C=O) groups is 2. The van der Waals surface area contributed by atoms with Gasteiger partial charge in [-0.05, 0) is 36.5 Å². The summed E-state index contributed by atoms with van der Waals surface area (Å²) in [5, 5.41) is 2.91. The van der Waals surface area contributed by atoms with E-state index >= 15 is 0 Å². The molecule has 130 valence electrons. The molecule has 0 saturated carbocycles. The first-order chi connectivity index (χ1) is 11.4. The lowest BCUT2D eigenvalue weighted by molar-refractivity contribution is -0.133. The van der Waals surface area contributed by atoms with E-state index in [4.69, 9.17) is 0 Å². The molecule has 3 amide bonds. The summed E-state index contributed by atoms with van der Waals surface area (Å²) in [6, 6.07) is 5.54. The number of nitrogens with one attached hydrogen (secondary N) is 1. The van der Waals surface area contributed by atoms with Crippen molar-refractivity contribution in [1.82, 2.24) is 15.1 Å². The quantitative estimate of drug-likeness (QED) is 0.861. The Balaban J connectivity index is 1.67. The lowest BCUT2D eigenvalue weighted by atomic mass is 9.87. The number of urea groups is 1. The number of rotatable bonds is 4. The van der Waals surface area contributed by atoms with E-state index in [1.54, 1.807) is 12.1 Å². The van der Waals surface area contributed by atoms with E-state index in [1.807, 2.05) is 0 Å². The molecule has 1 N–H and O–H groups in total. The number of imide groups is 1. The number of amides is 3. The van der Waals surface area contributed by atoms with Gasteiger partial charge in [0.25, 0.3) is 5.91 Å². The second-order valence-corrected chi connectivity index (χ2v) is 7.22. The SMILES string of the molecule is CC(C)CN1CCC2(CC1)NC(=O)N(Cc1ccc(F)cc1)C2=O. The Bertz CT molecular complexity index is 622. The molecule has 1 aromatic rings. The molecule has 24 heavy (non-hydrogen) atoms. The average Bonchev–Trinajstić information content (AvgIpc) is 2.76. The standard InChI is InChI=1S/C18H24FN3O2/c1-13(2)11-21-9-7-18(8-10-21)16(23)22(17(24)20-18)12-14-3-5-15(19)6-4-14/h3-6,13H,7-12H2,1-2H3,(H,20,24). The third-order valence-electron chi connectivity index (χ3n) is 4.83. The topological polar surface area (TPSA) is 52.7 Å². The maximum Gasteiger partial charge on any atom is 0.325 e. The number of hydrogen-bond acceptors (Lipinski definition) is 3. The van der Waals surface area contributed by atoms with Crippen molar-refractivity contribution >= 4 is 11.9 Å². The molecule has 5 nitrogen and oxygen atoms in total. The van der Waals surface area contributed by atoms with Crippen molar-refractivity contribution in [2.75, 3.05) is 19.6 Å². The van der Waals surface area contributed by atoms with E-state index in [0.717, 1.165) is 25.2 Å². The average molecular weight is 333 g/mol. The number of nitrogens with zero attached hydrogens (tertiary/aromatic N) is 2. The van der Waals surface area contributed by atoms with E-state index < -0.39 is 5.54 Å². The predicted octanol–water partition coefficient (Wildman–Crippen LogP) is 2.37. The minimum Gasteiger partial charge on any atom is -0.323 e. The molecule has 0 aliphatic carbocycles. The molecular weight excluding hydrogens is 309 g/mol. The molecule has 0 atom stereocenters. The number of piperidine rings is 1. The van der Waals surface area contributed by atoms with Crippen LogP contribution in [0.2, 0.25) is 0 Å². The zero-order valence-corrected chi connectivity index (χ0v) is 14.2. The molecule has 0 bridgehead atoms. The smallest absolute Gasteiger partial charge is 0.323 e. The van der Waals surface area contributed by atoms with E-state index in [1.165, 1.54) is 17.0 Å². The van der Waals surface area contributed by atoms with Crippen molar-refractivity contribution in [3.63, 3.8) is 0 Å². The second-order valence-electron chi connectivity index (χ2n) is 7.22. The Morgan fingerprint density at radius 3 is 2.38 bits per heavy atom. The van der Waals surface area contributed by atoms with E-state index in [-0.39, 0.29) is 24.3 Å². The zero-order chi connectivity index (χ0) is 17.3. The normalized spacial score (nSPS) is 20.9. The van der Waals surface area contributed by atoms with Crippen LogP contribution in [0.5, 0.6) is 0 Å². The van der Waals surface area contributed by atoms with E-state index in [2.05, 4.69) is 24.1 Å². The van der Waals surface area contributed by atoms with Crippen molar-refractivity contribution in [1.29, 1.82) is 0 Å². The zero-order valence-electron chi connectivity index (χ0n) is 14.2. The van der Waals surface area contributed by atoms with Crippen LogP contribution in [0.15, 0.2) is 24.3 Å². The van der Waals surface area contributed by atoms with Crippen molar-refractivity contribution in [3.8, 4) is 0 Å². The fourth-order valence-corrected chi connectivity index (χ4v) is 3.56. The largest absolute Gasteiger partial charge is 0.325 e. The molecule has 0 unspecified atom stereocenters. The first-order valence-electron chi connectivity index (χ1n) is 8.50. The number of halogens is 1. The van der Waals surface area contributed by atoms with Crippen LogP contribution >= 0.6 is 0 Å². The molecule has 2 saturated heterocycles. The van der Waals surface area contributed by atoms with E-state index in [9.17, 15) is 14.0 Å². The fraction of sp³-hybridized carbons (Fsp3) is 0.556. The fourth-order valence-electron chi connectivity index (χ4n) is 3.56. The minimum absolute atomic E-state index is 0.152. The van der Waals surface area contributed by atoms with Gasteiger partial charge in [-0.3, -0.25) is 9.69 Å². The number of hydrogen-bond donors (Lipinski definition) is 1. The third-order valence-corrected chi connectivity index (χ3v) is 4.83. The highest BCUT2D eigenvalue weighted by atomic mass is 19.1. The Hall–Kier alpha value is -1.95. The van der Waals surface area contributed by atoms with Gasteiger partial charge in [0, 0.05) is 19.6 Å².